The largest absolute Gasteiger partial charge is 0.508 e. The molecule has 400 valence electrons. The number of phenolic OH excluding ortho intramolecular Hbond substituents is 1. The molecular weight excluding hydrogens is 953 g/mol. The minimum atomic E-state index is -0.952. The first kappa shape index (κ1) is 50.7. The Hall–Kier alpha value is -5.84. The fourth-order valence-corrected chi connectivity index (χ4v) is 17.0. The Kier molecular flexibility index (Phi) is 13.4. The molecule has 0 unspecified atom stereocenters. The van der Waals surface area contributed by atoms with E-state index in [0.717, 1.165) is 148 Å². The first-order valence-electron chi connectivity index (χ1n) is 29.6. The van der Waals surface area contributed by atoms with Crippen molar-refractivity contribution >= 4 is 17.5 Å². The minimum absolute atomic E-state index is 0.0689. The second-order valence-corrected chi connectivity index (χ2v) is 24.7. The van der Waals surface area contributed by atoms with E-state index in [-0.39, 0.29) is 47.1 Å². The van der Waals surface area contributed by atoms with Gasteiger partial charge >= 0.3 is 11.9 Å². The van der Waals surface area contributed by atoms with Crippen LogP contribution in [0.5, 0.6) is 5.75 Å². The number of esters is 2. The smallest absolute Gasteiger partial charge is 0.340 e. The Bertz CT molecular complexity index is 3150. The molecule has 5 N–H and O–H groups in total. The fraction of sp³-hybridized carbons (Fsp3) is 0.471. The van der Waals surface area contributed by atoms with Crippen LogP contribution in [0.1, 0.15) is 130 Å². The Morgan fingerprint density at radius 1 is 0.831 bits per heavy atom. The number of aromatic hydroxyl groups is 1. The molecule has 0 radical (unpaired) electrons. The van der Waals surface area contributed by atoms with Crippen LogP contribution in [0.15, 0.2) is 144 Å². The predicted octanol–water partition coefficient (Wildman–Crippen LogP) is 12.3. The number of fused-ring (bicyclic) bond motifs is 9. The summed E-state index contributed by atoms with van der Waals surface area (Å²) in [4.78, 5) is 31.0. The number of piperidine rings is 1. The number of phenols is 1. The topological polar surface area (TPSA) is 121 Å². The number of carbonyl (C=O) groups excluding carboxylic acids is 2. The minimum Gasteiger partial charge on any atom is -0.508 e. The van der Waals surface area contributed by atoms with Gasteiger partial charge in [0.05, 0.1) is 23.2 Å². The number of benzene rings is 4. The first-order valence-corrected chi connectivity index (χ1v) is 29.6. The Morgan fingerprint density at radius 3 is 2.57 bits per heavy atom. The second-order valence-electron chi connectivity index (χ2n) is 24.7. The van der Waals surface area contributed by atoms with Gasteiger partial charge in [-0.15, -0.1) is 0 Å². The van der Waals surface area contributed by atoms with E-state index in [9.17, 15) is 5.11 Å². The standard InChI is InChI=1S/C68H78N4O5/c1-4-28-70-41-47-33-44-21-29-71-56-19-26-67-25-17-53-57(20-24-66(50-22-30-72-59(38-50)69-3)23-16-45(40-66)34-46(32-44)35-47)76-64(74)61(53)63(67)68-27-18-55(67)60(54-39-51(73)14-15-52(54)48-12-9-13-49(56)37-48)62(68)65(75)77-58(68)36-42(5-2)31-43-10-7-6-8-11-43/h6-15,19-20,26,32-33,35-37,39,42,45,50,55-56,59,63,69-73H,4-5,16-18,21-25,27-31,34,38,40-41H2,1-3H3/b26-19+,57-20?,58-36?/t42-,45-,50-,55+,56+,59+,63+,66-,67+,68+/m1/s1. The normalized spacial score (nSPS) is 32.4. The van der Waals surface area contributed by atoms with Crippen LogP contribution in [-0.4, -0.2) is 49.9 Å². The van der Waals surface area contributed by atoms with E-state index >= 15 is 9.59 Å². The summed E-state index contributed by atoms with van der Waals surface area (Å²) >= 11 is 0. The van der Waals surface area contributed by atoms with Gasteiger partial charge in [-0.05, 0) is 226 Å². The van der Waals surface area contributed by atoms with E-state index in [4.69, 9.17) is 9.47 Å². The van der Waals surface area contributed by atoms with Gasteiger partial charge in [0, 0.05) is 35.6 Å². The van der Waals surface area contributed by atoms with Gasteiger partial charge in [0.1, 0.15) is 17.3 Å². The molecule has 15 rings (SSSR count). The third-order valence-electron chi connectivity index (χ3n) is 20.5. The molecule has 5 heterocycles. The van der Waals surface area contributed by atoms with Gasteiger partial charge in [-0.2, -0.15) is 0 Å². The number of ether oxygens (including phenoxy) is 2. The molecule has 4 aromatic rings. The number of hydrogen-bond acceptors (Lipinski definition) is 9. The van der Waals surface area contributed by atoms with E-state index in [1.54, 1.807) is 6.07 Å². The van der Waals surface area contributed by atoms with Gasteiger partial charge in [0.15, 0.2) is 0 Å². The zero-order valence-electron chi connectivity index (χ0n) is 45.5. The van der Waals surface area contributed by atoms with Gasteiger partial charge in [0.25, 0.3) is 0 Å². The van der Waals surface area contributed by atoms with Gasteiger partial charge in [-0.25, -0.2) is 9.59 Å². The summed E-state index contributed by atoms with van der Waals surface area (Å²) in [7, 11) is 2.08. The van der Waals surface area contributed by atoms with Crippen LogP contribution < -0.4 is 21.3 Å². The van der Waals surface area contributed by atoms with Crippen molar-refractivity contribution in [2.24, 2.45) is 45.8 Å². The summed E-state index contributed by atoms with van der Waals surface area (Å²) in [6, 6.07) is 32.4. The van der Waals surface area contributed by atoms with Crippen molar-refractivity contribution in [2.75, 3.05) is 26.7 Å². The molecule has 4 aromatic carbocycles. The summed E-state index contributed by atoms with van der Waals surface area (Å²) < 4.78 is 13.6. The molecule has 2 spiro atoms. The molecule has 10 atom stereocenters. The van der Waals surface area contributed by atoms with Gasteiger partial charge in [0.2, 0.25) is 0 Å². The van der Waals surface area contributed by atoms with Crippen molar-refractivity contribution in [2.45, 2.75) is 129 Å². The van der Waals surface area contributed by atoms with Crippen molar-refractivity contribution in [3.05, 3.63) is 177 Å². The van der Waals surface area contributed by atoms with E-state index < -0.39 is 16.7 Å². The number of carbonyl (C=O) groups is 2. The van der Waals surface area contributed by atoms with Crippen molar-refractivity contribution in [1.29, 1.82) is 0 Å². The van der Waals surface area contributed by atoms with Gasteiger partial charge < -0.3 is 35.8 Å². The van der Waals surface area contributed by atoms with Crippen molar-refractivity contribution < 1.29 is 24.2 Å². The maximum absolute atomic E-state index is 15.5. The molecule has 0 amide bonds. The SMILES string of the molecule is CCCNCc1cc2cc(c1)C[C@H]1CC[C@@]([C@@H]3CCN[C@H](NC)C3)(CC=C3OC(=O)C4=C3CC[C@]35/C=C/[C@H](NCC2)c2cccc(c2)-c2ccc(O)cc2C2=C6C(=O)OC(=C[C@H](CC)Cc7ccccc7)[C@]6(CC[C@@H]23)[C@@H]45)C1. The zero-order chi connectivity index (χ0) is 52.5. The molecular formula is C68H78N4O5. The van der Waals surface area contributed by atoms with Gasteiger partial charge in [-0.1, -0.05) is 98.8 Å². The molecule has 11 aliphatic rings. The predicted molar refractivity (Wildman–Crippen MR) is 304 cm³/mol. The molecule has 14 bridgehead atoms. The Morgan fingerprint density at radius 2 is 1.71 bits per heavy atom. The third kappa shape index (κ3) is 8.74. The summed E-state index contributed by atoms with van der Waals surface area (Å²) in [5.74, 6) is 1.60. The van der Waals surface area contributed by atoms with E-state index in [0.29, 0.717) is 36.0 Å². The lowest BCUT2D eigenvalue weighted by molar-refractivity contribution is -0.135. The summed E-state index contributed by atoms with van der Waals surface area (Å²) in [5, 5.41) is 26.7. The second kappa shape index (κ2) is 20.4. The monoisotopic (exact) mass is 1030 g/mol. The highest BCUT2D eigenvalue weighted by Gasteiger charge is 2.73. The van der Waals surface area contributed by atoms with E-state index in [1.807, 2.05) is 12.1 Å². The summed E-state index contributed by atoms with van der Waals surface area (Å²) in [6.45, 7) is 8.08. The highest BCUT2D eigenvalue weighted by Crippen LogP contribution is 2.77. The van der Waals surface area contributed by atoms with E-state index in [1.165, 1.54) is 28.7 Å². The van der Waals surface area contributed by atoms with E-state index in [2.05, 4.69) is 139 Å². The average molecular weight is 1030 g/mol. The molecule has 77 heavy (non-hydrogen) atoms. The third-order valence-corrected chi connectivity index (χ3v) is 20.5. The molecule has 6 aliphatic carbocycles. The first-order chi connectivity index (χ1) is 37.6. The molecule has 4 fully saturated rings. The zero-order valence-corrected chi connectivity index (χ0v) is 45.5. The van der Waals surface area contributed by atoms with Crippen LogP contribution in [0.25, 0.3) is 16.7 Å². The number of hydrogen-bond donors (Lipinski definition) is 5. The van der Waals surface area contributed by atoms with Crippen LogP contribution in [0.3, 0.4) is 0 Å². The van der Waals surface area contributed by atoms with Crippen LogP contribution >= 0.6 is 0 Å². The summed E-state index contributed by atoms with van der Waals surface area (Å²) in [5.41, 5.74) is 11.4. The fourth-order valence-electron chi connectivity index (χ4n) is 17.0. The quantitative estimate of drug-likeness (QED) is 0.0601. The van der Waals surface area contributed by atoms with Crippen LogP contribution in [-0.2, 0) is 44.9 Å². The van der Waals surface area contributed by atoms with Crippen LogP contribution in [0.2, 0.25) is 0 Å². The lowest BCUT2D eigenvalue weighted by atomic mass is 9.38. The van der Waals surface area contributed by atoms with Crippen LogP contribution in [0, 0.1) is 45.8 Å². The molecule has 9 nitrogen and oxygen atoms in total. The van der Waals surface area contributed by atoms with Crippen molar-refractivity contribution in [1.82, 2.24) is 21.3 Å². The highest BCUT2D eigenvalue weighted by atomic mass is 16.6. The maximum atomic E-state index is 15.5. The Labute approximate surface area is 456 Å². The number of allylic oxidation sites excluding steroid dienone is 6. The summed E-state index contributed by atoms with van der Waals surface area (Å²) in [6.07, 6.45) is 24.0. The molecule has 9 heteroatoms. The Balaban J connectivity index is 1.03. The average Bonchev–Trinajstić information content (AvgIpc) is 4.15. The van der Waals surface area contributed by atoms with Crippen LogP contribution in [0.4, 0.5) is 0 Å². The van der Waals surface area contributed by atoms with Crippen molar-refractivity contribution in [3.63, 3.8) is 0 Å². The van der Waals surface area contributed by atoms with Gasteiger partial charge in [-0.3, -0.25) is 0 Å². The molecule has 2 saturated carbocycles. The lowest BCUT2D eigenvalue weighted by Gasteiger charge is -2.62. The number of rotatable bonds is 10. The van der Waals surface area contributed by atoms with Crippen molar-refractivity contribution in [3.8, 4) is 16.9 Å². The molecule has 2 saturated heterocycles. The number of cyclic esters (lactones) is 1. The maximum Gasteiger partial charge on any atom is 0.340 e. The molecule has 0 aromatic heterocycles. The lowest BCUT2D eigenvalue weighted by Crippen LogP contribution is -2.58. The molecule has 5 aliphatic heterocycles. The highest BCUT2D eigenvalue weighted by molar-refractivity contribution is 6.08. The number of nitrogens with one attached hydrogen (secondary N) is 4.